The van der Waals surface area contributed by atoms with E-state index in [2.05, 4.69) is 69.3 Å². The Bertz CT molecular complexity index is 590. The molecule has 1 saturated carbocycles. The van der Waals surface area contributed by atoms with Gasteiger partial charge in [0.05, 0.1) is 0 Å². The van der Waals surface area contributed by atoms with Gasteiger partial charge in [-0.3, -0.25) is 0 Å². The molecule has 2 aromatic rings. The van der Waals surface area contributed by atoms with Crippen molar-refractivity contribution < 1.29 is 40.8 Å². The van der Waals surface area contributed by atoms with Gasteiger partial charge in [-0.1, -0.05) is 33.6 Å². The largest absolute Gasteiger partial charge is 0.183 e. The summed E-state index contributed by atoms with van der Waals surface area (Å²) in [6.07, 6.45) is 5.65. The van der Waals surface area contributed by atoms with Crippen LogP contribution in [0, 0.1) is 31.9 Å². The third kappa shape index (κ3) is 5.34. The van der Waals surface area contributed by atoms with E-state index in [4.69, 9.17) is 0 Å². The van der Waals surface area contributed by atoms with E-state index >= 15 is 0 Å². The minimum atomic E-state index is -0.318. The molecule has 2 aromatic carbocycles. The number of aryl methyl sites for hydroxylation is 2. The molecule has 1 aliphatic carbocycles. The molecule has 0 aromatic heterocycles. The summed E-state index contributed by atoms with van der Waals surface area (Å²) in [6.45, 7) is 6.83. The van der Waals surface area contributed by atoms with Crippen LogP contribution >= 0.6 is 7.92 Å². The van der Waals surface area contributed by atoms with Gasteiger partial charge in [-0.2, -0.15) is 67.6 Å². The first-order chi connectivity index (χ1) is 10.6. The smallest absolute Gasteiger partial charge is 0 e. The van der Waals surface area contributed by atoms with E-state index in [0.717, 1.165) is 11.6 Å². The molecular weight excluding hydrogens is 656 g/mol. The van der Waals surface area contributed by atoms with Crippen LogP contribution in [0.15, 0.2) is 36.4 Å². The average molecular weight is 681 g/mol. The first-order valence-corrected chi connectivity index (χ1v) is 9.81. The van der Waals surface area contributed by atoms with Crippen molar-refractivity contribution in [1.29, 1.82) is 0 Å². The maximum absolute atomic E-state index is 3.35. The van der Waals surface area contributed by atoms with Crippen LogP contribution in [0.1, 0.15) is 43.7 Å². The van der Waals surface area contributed by atoms with Crippen molar-refractivity contribution in [1.82, 2.24) is 0 Å². The summed E-state index contributed by atoms with van der Waals surface area (Å²) in [5.74, 6) is 0.882. The minimum Gasteiger partial charge on any atom is -0.183 e. The summed E-state index contributed by atoms with van der Waals surface area (Å²) in [5.41, 5.74) is 3.38. The summed E-state index contributed by atoms with van der Waals surface area (Å²) < 4.78 is 0. The van der Waals surface area contributed by atoms with E-state index in [-0.39, 0.29) is 48.8 Å². The molecule has 0 N–H and O–H groups in total. The number of hydrogen-bond donors (Lipinski definition) is 0. The van der Waals surface area contributed by atoms with Crippen LogP contribution in [0.25, 0.3) is 0 Å². The van der Waals surface area contributed by atoms with Gasteiger partial charge in [0.1, 0.15) is 0 Å². The van der Waals surface area contributed by atoms with E-state index in [9.17, 15) is 0 Å². The normalized spacial score (nSPS) is 15.7. The quantitative estimate of drug-likeness (QED) is 0.318. The molecule has 24 heavy (non-hydrogen) atoms. The van der Waals surface area contributed by atoms with Gasteiger partial charge < -0.3 is 0 Å². The van der Waals surface area contributed by atoms with Crippen molar-refractivity contribution >= 4 is 18.5 Å². The van der Waals surface area contributed by atoms with Crippen LogP contribution in [-0.4, -0.2) is 5.66 Å². The second kappa shape index (κ2) is 10.4. The standard InChI is InChI=1S/C21H25P.2Re/c1-16-8-6-12-20(14-16)22(18(3)19-10-4-5-11-19)21-13-7-9-17(2)15-21;;/h8-9,12-15,18-19H,4-5,10-11H2,1-3H3;;/q-2;;/t18-;;/m1../s1. The van der Waals surface area contributed by atoms with Crippen molar-refractivity contribution in [3.8, 4) is 0 Å². The van der Waals surface area contributed by atoms with Crippen LogP contribution in [0.5, 0.6) is 0 Å². The van der Waals surface area contributed by atoms with Gasteiger partial charge in [-0.25, -0.2) is 0 Å². The van der Waals surface area contributed by atoms with Crippen LogP contribution in [0.4, 0.5) is 0 Å². The van der Waals surface area contributed by atoms with Crippen LogP contribution in [0.3, 0.4) is 0 Å². The first-order valence-electron chi connectivity index (χ1n) is 8.40. The Labute approximate surface area is 176 Å². The molecule has 0 aliphatic heterocycles. The molecule has 130 valence electrons. The Morgan fingerprint density at radius 2 is 1.33 bits per heavy atom. The molecule has 0 saturated heterocycles. The van der Waals surface area contributed by atoms with Gasteiger partial charge in [0.2, 0.25) is 0 Å². The Kier molecular flexibility index (Phi) is 9.61. The molecule has 3 rings (SSSR count). The zero-order valence-electron chi connectivity index (χ0n) is 14.7. The van der Waals surface area contributed by atoms with Gasteiger partial charge in [-0.15, -0.1) is 10.6 Å². The SMILES string of the molecule is Cc1c[c-]cc(P(c2c[c-]cc(C)c2)[C@H](C)C2CCCC2)c1.[Re].[Re]. The zero-order valence-corrected chi connectivity index (χ0v) is 21.0. The van der Waals surface area contributed by atoms with Crippen molar-refractivity contribution in [3.63, 3.8) is 0 Å². The third-order valence-electron chi connectivity index (χ3n) is 4.88. The topological polar surface area (TPSA) is 0 Å². The average Bonchev–Trinajstić information content (AvgIpc) is 3.02. The van der Waals surface area contributed by atoms with Crippen molar-refractivity contribution in [2.45, 2.75) is 52.1 Å². The molecule has 3 heteroatoms. The molecular formula is C21H25PRe2-2. The number of rotatable bonds is 4. The molecule has 2 radical (unpaired) electrons. The number of benzene rings is 2. The molecule has 0 bridgehead atoms. The van der Waals surface area contributed by atoms with E-state index in [1.54, 1.807) is 0 Å². The van der Waals surface area contributed by atoms with Gasteiger partial charge in [0.15, 0.2) is 0 Å². The van der Waals surface area contributed by atoms with Crippen LogP contribution in [0.2, 0.25) is 0 Å². The van der Waals surface area contributed by atoms with E-state index in [1.165, 1.54) is 47.4 Å². The summed E-state index contributed by atoms with van der Waals surface area (Å²) in [7, 11) is -0.318. The van der Waals surface area contributed by atoms with Crippen molar-refractivity contribution in [2.75, 3.05) is 0 Å². The molecule has 0 amide bonds. The zero-order chi connectivity index (χ0) is 15.5. The van der Waals surface area contributed by atoms with Gasteiger partial charge in [-0.05, 0) is 24.4 Å². The number of hydrogen-bond acceptors (Lipinski definition) is 0. The fourth-order valence-electron chi connectivity index (χ4n) is 3.70. The summed E-state index contributed by atoms with van der Waals surface area (Å²) in [6, 6.07) is 20.0. The maximum Gasteiger partial charge on any atom is 0 e. The molecule has 0 unspecified atom stereocenters. The van der Waals surface area contributed by atoms with Crippen molar-refractivity contribution in [3.05, 3.63) is 59.7 Å². The Balaban J connectivity index is 0.00000144. The second-order valence-electron chi connectivity index (χ2n) is 6.69. The first kappa shape index (κ1) is 22.2. The molecule has 1 aliphatic rings. The third-order valence-corrected chi connectivity index (χ3v) is 7.75. The van der Waals surface area contributed by atoms with Crippen LogP contribution < -0.4 is 10.6 Å². The summed E-state index contributed by atoms with van der Waals surface area (Å²) >= 11 is 0. The Morgan fingerprint density at radius 3 is 1.75 bits per heavy atom. The molecule has 1 atom stereocenters. The van der Waals surface area contributed by atoms with E-state index in [1.807, 2.05) is 0 Å². The molecule has 0 spiro atoms. The maximum atomic E-state index is 3.35. The molecule has 0 nitrogen and oxygen atoms in total. The molecule has 0 heterocycles. The molecule has 1 fully saturated rings. The Morgan fingerprint density at radius 1 is 0.875 bits per heavy atom. The predicted molar refractivity (Wildman–Crippen MR) is 97.6 cm³/mol. The minimum absolute atomic E-state index is 0. The Hall–Kier alpha value is 0.195. The summed E-state index contributed by atoms with van der Waals surface area (Å²) in [4.78, 5) is 0. The predicted octanol–water partition coefficient (Wildman–Crippen LogP) is 4.91. The van der Waals surface area contributed by atoms with Gasteiger partial charge in [0.25, 0.3) is 0 Å². The monoisotopic (exact) mass is 682 g/mol. The van der Waals surface area contributed by atoms with Gasteiger partial charge in [0, 0.05) is 40.8 Å². The fraction of sp³-hybridized carbons (Fsp3) is 0.429. The fourth-order valence-corrected chi connectivity index (χ4v) is 6.77. The van der Waals surface area contributed by atoms with E-state index < -0.39 is 0 Å². The van der Waals surface area contributed by atoms with Crippen LogP contribution in [-0.2, 0) is 40.8 Å². The van der Waals surface area contributed by atoms with Gasteiger partial charge >= 0.3 is 0 Å². The van der Waals surface area contributed by atoms with Crippen molar-refractivity contribution in [2.24, 2.45) is 5.92 Å². The van der Waals surface area contributed by atoms with E-state index in [0.29, 0.717) is 0 Å². The summed E-state index contributed by atoms with van der Waals surface area (Å²) in [5, 5.41) is 2.96. The second-order valence-corrected chi connectivity index (χ2v) is 9.28.